The van der Waals surface area contributed by atoms with Crippen molar-refractivity contribution in [2.45, 2.75) is 6.42 Å². The highest BCUT2D eigenvalue weighted by Gasteiger charge is 2.06. The van der Waals surface area contributed by atoms with E-state index in [0.717, 1.165) is 34.8 Å². The number of fused-ring (bicyclic) bond motifs is 1. The zero-order chi connectivity index (χ0) is 13.2. The fourth-order valence-electron chi connectivity index (χ4n) is 2.18. The van der Waals surface area contributed by atoms with Crippen molar-refractivity contribution in [2.75, 3.05) is 12.8 Å². The lowest BCUT2D eigenvalue weighted by atomic mass is 10.1. The zero-order valence-corrected chi connectivity index (χ0v) is 10.7. The first kappa shape index (κ1) is 11.6. The average molecular weight is 253 g/mol. The van der Waals surface area contributed by atoms with Crippen LogP contribution in [-0.4, -0.2) is 16.5 Å². The first-order chi connectivity index (χ1) is 9.26. The van der Waals surface area contributed by atoms with E-state index in [9.17, 15) is 0 Å². The summed E-state index contributed by atoms with van der Waals surface area (Å²) >= 11 is 0. The number of rotatable bonds is 3. The summed E-state index contributed by atoms with van der Waals surface area (Å²) in [4.78, 5) is 4.57. The molecule has 0 unspecified atom stereocenters. The summed E-state index contributed by atoms with van der Waals surface area (Å²) in [5, 5.41) is 0. The number of aromatic nitrogens is 2. The second-order valence-corrected chi connectivity index (χ2v) is 4.45. The molecule has 0 spiro atoms. The molecular formula is C15H15N3O. The molecule has 19 heavy (non-hydrogen) atoms. The number of benzene rings is 1. The highest BCUT2D eigenvalue weighted by molar-refractivity contribution is 5.52. The molecule has 2 aromatic heterocycles. The average Bonchev–Trinajstić information content (AvgIpc) is 2.80. The van der Waals surface area contributed by atoms with Crippen molar-refractivity contribution in [3.05, 3.63) is 60.0 Å². The molecule has 1 aromatic carbocycles. The second-order valence-electron chi connectivity index (χ2n) is 4.45. The molecule has 2 heterocycles. The molecule has 0 radical (unpaired) electrons. The predicted molar refractivity (Wildman–Crippen MR) is 75.4 cm³/mol. The van der Waals surface area contributed by atoms with E-state index >= 15 is 0 Å². The molecule has 0 aliphatic rings. The molecule has 3 rings (SSSR count). The minimum atomic E-state index is 0.724. The van der Waals surface area contributed by atoms with E-state index in [0.29, 0.717) is 0 Å². The molecule has 0 bridgehead atoms. The summed E-state index contributed by atoms with van der Waals surface area (Å²) in [6.45, 7) is 0. The van der Waals surface area contributed by atoms with Gasteiger partial charge in [0.05, 0.1) is 12.8 Å². The van der Waals surface area contributed by atoms with Crippen LogP contribution in [0.2, 0.25) is 0 Å². The van der Waals surface area contributed by atoms with Crippen LogP contribution < -0.4 is 10.5 Å². The molecule has 0 saturated carbocycles. The third-order valence-electron chi connectivity index (χ3n) is 3.10. The topological polar surface area (TPSA) is 52.5 Å². The van der Waals surface area contributed by atoms with Crippen LogP contribution in [0.5, 0.6) is 5.75 Å². The summed E-state index contributed by atoms with van der Waals surface area (Å²) < 4.78 is 7.33. The summed E-state index contributed by atoms with van der Waals surface area (Å²) in [6.07, 6.45) is 4.68. The van der Waals surface area contributed by atoms with E-state index in [2.05, 4.69) is 11.1 Å². The lowest BCUT2D eigenvalue weighted by molar-refractivity contribution is 0.410. The Morgan fingerprint density at radius 1 is 1.26 bits per heavy atom. The number of pyridine rings is 1. The van der Waals surface area contributed by atoms with Crippen LogP contribution in [0.3, 0.4) is 0 Å². The molecule has 0 aliphatic heterocycles. The van der Waals surface area contributed by atoms with Gasteiger partial charge in [-0.3, -0.25) is 0 Å². The molecular weight excluding hydrogens is 238 g/mol. The zero-order valence-electron chi connectivity index (χ0n) is 10.7. The van der Waals surface area contributed by atoms with Crippen molar-refractivity contribution >= 4 is 11.3 Å². The quantitative estimate of drug-likeness (QED) is 0.780. The van der Waals surface area contributed by atoms with Crippen LogP contribution in [0.15, 0.2) is 48.8 Å². The largest absolute Gasteiger partial charge is 0.496 e. The van der Waals surface area contributed by atoms with Gasteiger partial charge < -0.3 is 14.9 Å². The van der Waals surface area contributed by atoms with Crippen molar-refractivity contribution in [1.82, 2.24) is 9.38 Å². The van der Waals surface area contributed by atoms with Crippen LogP contribution in [0.4, 0.5) is 5.69 Å². The van der Waals surface area contributed by atoms with E-state index in [1.807, 2.05) is 47.1 Å². The Hall–Kier alpha value is -2.49. The standard InChI is InChI=1S/C15H15N3O/c1-19-14-5-3-2-4-11(14)8-13-10-18-7-6-12(16)9-15(18)17-13/h2-7,9-10H,8,16H2,1H3. The molecule has 3 aromatic rings. The Kier molecular flexibility index (Phi) is 2.83. The minimum absolute atomic E-state index is 0.724. The van der Waals surface area contributed by atoms with Gasteiger partial charge in [-0.2, -0.15) is 0 Å². The van der Waals surface area contributed by atoms with Crippen molar-refractivity contribution in [3.63, 3.8) is 0 Å². The molecule has 0 aliphatic carbocycles. The van der Waals surface area contributed by atoms with E-state index in [-0.39, 0.29) is 0 Å². The Morgan fingerprint density at radius 3 is 2.95 bits per heavy atom. The van der Waals surface area contributed by atoms with Gasteiger partial charge in [-0.1, -0.05) is 18.2 Å². The Bertz CT molecular complexity index is 718. The van der Waals surface area contributed by atoms with Gasteiger partial charge in [0.1, 0.15) is 11.4 Å². The number of methoxy groups -OCH3 is 1. The molecule has 0 fully saturated rings. The third-order valence-corrected chi connectivity index (χ3v) is 3.10. The minimum Gasteiger partial charge on any atom is -0.496 e. The lowest BCUT2D eigenvalue weighted by Gasteiger charge is -2.05. The Balaban J connectivity index is 1.96. The fourth-order valence-corrected chi connectivity index (χ4v) is 2.18. The van der Waals surface area contributed by atoms with Gasteiger partial charge in [0.15, 0.2) is 0 Å². The number of hydrogen-bond acceptors (Lipinski definition) is 3. The van der Waals surface area contributed by atoms with Crippen molar-refractivity contribution < 1.29 is 4.74 Å². The molecule has 0 amide bonds. The van der Waals surface area contributed by atoms with Crippen LogP contribution in [0.1, 0.15) is 11.3 Å². The van der Waals surface area contributed by atoms with Crippen LogP contribution in [0.25, 0.3) is 5.65 Å². The summed E-state index contributed by atoms with van der Waals surface area (Å²) in [7, 11) is 1.68. The van der Waals surface area contributed by atoms with E-state index in [1.165, 1.54) is 0 Å². The maximum atomic E-state index is 5.76. The van der Waals surface area contributed by atoms with Gasteiger partial charge in [-0.05, 0) is 12.1 Å². The monoisotopic (exact) mass is 253 g/mol. The number of para-hydroxylation sites is 1. The lowest BCUT2D eigenvalue weighted by Crippen LogP contribution is -1.93. The molecule has 0 saturated heterocycles. The maximum Gasteiger partial charge on any atom is 0.139 e. The number of anilines is 1. The van der Waals surface area contributed by atoms with Crippen LogP contribution >= 0.6 is 0 Å². The molecule has 2 N–H and O–H groups in total. The number of nitrogen functional groups attached to an aromatic ring is 1. The van der Waals surface area contributed by atoms with Crippen LogP contribution in [-0.2, 0) is 6.42 Å². The van der Waals surface area contributed by atoms with Gasteiger partial charge in [-0.15, -0.1) is 0 Å². The summed E-state index contributed by atoms with van der Waals surface area (Å²) in [5.41, 5.74) is 9.47. The molecule has 4 nitrogen and oxygen atoms in total. The Labute approximate surface area is 111 Å². The first-order valence-corrected chi connectivity index (χ1v) is 6.11. The number of imidazole rings is 1. The smallest absolute Gasteiger partial charge is 0.139 e. The van der Waals surface area contributed by atoms with Gasteiger partial charge in [0.2, 0.25) is 0 Å². The highest BCUT2D eigenvalue weighted by Crippen LogP contribution is 2.21. The van der Waals surface area contributed by atoms with Crippen molar-refractivity contribution in [3.8, 4) is 5.75 Å². The van der Waals surface area contributed by atoms with Gasteiger partial charge in [-0.25, -0.2) is 4.98 Å². The number of ether oxygens (including phenoxy) is 1. The number of nitrogens with zero attached hydrogens (tertiary/aromatic N) is 2. The second kappa shape index (κ2) is 4.65. The van der Waals surface area contributed by atoms with E-state index in [1.54, 1.807) is 7.11 Å². The number of hydrogen-bond donors (Lipinski definition) is 1. The molecule has 0 atom stereocenters. The van der Waals surface area contributed by atoms with Crippen molar-refractivity contribution in [2.24, 2.45) is 0 Å². The maximum absolute atomic E-state index is 5.76. The van der Waals surface area contributed by atoms with Gasteiger partial charge in [0, 0.05) is 36.1 Å². The van der Waals surface area contributed by atoms with E-state index < -0.39 is 0 Å². The Morgan fingerprint density at radius 2 is 2.11 bits per heavy atom. The van der Waals surface area contributed by atoms with E-state index in [4.69, 9.17) is 10.5 Å². The molecule has 4 heteroatoms. The summed E-state index contributed by atoms with van der Waals surface area (Å²) in [6, 6.07) is 11.7. The normalized spacial score (nSPS) is 10.8. The molecule has 96 valence electrons. The van der Waals surface area contributed by atoms with Gasteiger partial charge in [0.25, 0.3) is 0 Å². The van der Waals surface area contributed by atoms with Crippen molar-refractivity contribution in [1.29, 1.82) is 0 Å². The third kappa shape index (κ3) is 2.25. The highest BCUT2D eigenvalue weighted by atomic mass is 16.5. The fraction of sp³-hybridized carbons (Fsp3) is 0.133. The summed E-state index contributed by atoms with van der Waals surface area (Å²) in [5.74, 6) is 0.888. The first-order valence-electron chi connectivity index (χ1n) is 6.11. The SMILES string of the molecule is COc1ccccc1Cc1cn2ccc(N)cc2n1. The van der Waals surface area contributed by atoms with Crippen LogP contribution in [0, 0.1) is 0 Å². The predicted octanol–water partition coefficient (Wildman–Crippen LogP) is 2.52. The number of nitrogens with two attached hydrogens (primary N) is 1. The van der Waals surface area contributed by atoms with Gasteiger partial charge >= 0.3 is 0 Å².